The van der Waals surface area contributed by atoms with Gasteiger partial charge in [0.05, 0.1) is 26.8 Å². The number of nitrogens with two attached hydrogens (primary N) is 1. The Morgan fingerprint density at radius 2 is 2.00 bits per heavy atom. The molecule has 7 heteroatoms. The van der Waals surface area contributed by atoms with E-state index in [0.29, 0.717) is 5.13 Å². The molecule has 3 aromatic rings. The number of aromatic nitrogens is 2. The van der Waals surface area contributed by atoms with Gasteiger partial charge < -0.3 is 11.1 Å². The van der Waals surface area contributed by atoms with Crippen LogP contribution in [0.15, 0.2) is 36.4 Å². The zero-order valence-electron chi connectivity index (χ0n) is 15.4. The molecule has 1 aromatic carbocycles. The molecule has 0 radical (unpaired) electrons. The first-order valence-electron chi connectivity index (χ1n) is 9.73. The van der Waals surface area contributed by atoms with Gasteiger partial charge in [-0.05, 0) is 44.2 Å². The average molecular weight is 411 g/mol. The van der Waals surface area contributed by atoms with Crippen LogP contribution in [0.2, 0.25) is 0 Å². The predicted octanol–water partition coefficient (Wildman–Crippen LogP) is 4.26. The Morgan fingerprint density at radius 3 is 2.89 bits per heavy atom. The number of nitrogens with zero attached hydrogens (tertiary/aromatic N) is 2. The Hall–Kier alpha value is -2.09. The Balaban J connectivity index is 1.37. The number of para-hydroxylation sites is 1. The highest BCUT2D eigenvalue weighted by Crippen LogP contribution is 2.39. The first-order chi connectivity index (χ1) is 13.7. The molecular formula is C21H22N4OS2. The summed E-state index contributed by atoms with van der Waals surface area (Å²) in [6.07, 6.45) is 8.61. The van der Waals surface area contributed by atoms with E-state index in [1.807, 2.05) is 18.2 Å². The second-order valence-corrected chi connectivity index (χ2v) is 9.70. The van der Waals surface area contributed by atoms with Crippen LogP contribution in [-0.2, 0) is 17.6 Å². The van der Waals surface area contributed by atoms with Crippen molar-refractivity contribution in [3.05, 3.63) is 52.0 Å². The van der Waals surface area contributed by atoms with E-state index < -0.39 is 0 Å². The molecule has 1 amide bonds. The number of rotatable bonds is 3. The fraction of sp³-hybridized carbons (Fsp3) is 0.381. The molecule has 2 heterocycles. The number of amides is 1. The van der Waals surface area contributed by atoms with Gasteiger partial charge in [0.2, 0.25) is 5.91 Å². The Morgan fingerprint density at radius 1 is 1.14 bits per heavy atom. The van der Waals surface area contributed by atoms with Crippen molar-refractivity contribution in [2.75, 3.05) is 5.32 Å². The van der Waals surface area contributed by atoms with E-state index in [9.17, 15) is 4.79 Å². The highest BCUT2D eigenvalue weighted by molar-refractivity contribution is 7.18. The molecule has 0 spiro atoms. The number of nitrogens with one attached hydrogen (secondary N) is 1. The highest BCUT2D eigenvalue weighted by atomic mass is 32.1. The van der Waals surface area contributed by atoms with Crippen LogP contribution in [0.4, 0.5) is 5.13 Å². The summed E-state index contributed by atoms with van der Waals surface area (Å²) in [4.78, 5) is 23.8. The molecule has 2 unspecified atom stereocenters. The Bertz CT molecular complexity index is 1020. The number of hydrogen-bond donors (Lipinski definition) is 2. The second kappa shape index (κ2) is 7.39. The maximum absolute atomic E-state index is 13.1. The van der Waals surface area contributed by atoms with Crippen LogP contribution in [0.5, 0.6) is 0 Å². The number of anilines is 1. The van der Waals surface area contributed by atoms with E-state index in [4.69, 9.17) is 10.7 Å². The predicted molar refractivity (Wildman–Crippen MR) is 115 cm³/mol. The van der Waals surface area contributed by atoms with Gasteiger partial charge in [0.25, 0.3) is 0 Å². The van der Waals surface area contributed by atoms with Crippen LogP contribution >= 0.6 is 22.7 Å². The number of carbonyl (C=O) groups excluding carboxylic acids is 1. The third-order valence-corrected chi connectivity index (χ3v) is 7.81. The molecule has 0 fully saturated rings. The second-order valence-electron chi connectivity index (χ2n) is 7.56. The molecule has 5 nitrogen and oxygen atoms in total. The van der Waals surface area contributed by atoms with Crippen LogP contribution < -0.4 is 11.1 Å². The van der Waals surface area contributed by atoms with Crippen LogP contribution in [0, 0.1) is 5.92 Å². The summed E-state index contributed by atoms with van der Waals surface area (Å²) in [5, 5.41) is 4.85. The molecular weight excluding hydrogens is 388 g/mol. The van der Waals surface area contributed by atoms with Crippen molar-refractivity contribution in [1.29, 1.82) is 0 Å². The smallest absolute Gasteiger partial charge is 0.230 e. The normalized spacial score (nSPS) is 24.2. The minimum atomic E-state index is -0.117. The zero-order chi connectivity index (χ0) is 19.1. The molecule has 0 saturated heterocycles. The van der Waals surface area contributed by atoms with E-state index >= 15 is 0 Å². The number of carbonyl (C=O) groups is 1. The molecule has 3 N–H and O–H groups in total. The Labute approximate surface area is 171 Å². The molecule has 0 saturated carbocycles. The van der Waals surface area contributed by atoms with E-state index in [0.717, 1.165) is 48.3 Å². The minimum absolute atomic E-state index is 0.0454. The van der Waals surface area contributed by atoms with Crippen molar-refractivity contribution >= 4 is 43.9 Å². The van der Waals surface area contributed by atoms with Crippen molar-refractivity contribution in [3.8, 4) is 0 Å². The average Bonchev–Trinajstić information content (AvgIpc) is 3.30. The molecule has 144 valence electrons. The summed E-state index contributed by atoms with van der Waals surface area (Å²) in [5.41, 5.74) is 8.19. The van der Waals surface area contributed by atoms with E-state index in [1.54, 1.807) is 22.7 Å². The van der Waals surface area contributed by atoms with Gasteiger partial charge in [-0.3, -0.25) is 4.79 Å². The van der Waals surface area contributed by atoms with Gasteiger partial charge in [0.15, 0.2) is 5.13 Å². The summed E-state index contributed by atoms with van der Waals surface area (Å²) in [6.45, 7) is 0. The van der Waals surface area contributed by atoms with Crippen LogP contribution in [0.1, 0.15) is 40.8 Å². The maximum Gasteiger partial charge on any atom is 0.230 e. The van der Waals surface area contributed by atoms with Crippen LogP contribution in [0.25, 0.3) is 10.2 Å². The lowest BCUT2D eigenvalue weighted by molar-refractivity contribution is -0.120. The van der Waals surface area contributed by atoms with Crippen LogP contribution in [0.3, 0.4) is 0 Å². The van der Waals surface area contributed by atoms with Crippen molar-refractivity contribution < 1.29 is 4.79 Å². The van der Waals surface area contributed by atoms with Crippen molar-refractivity contribution in [2.45, 2.75) is 44.1 Å². The van der Waals surface area contributed by atoms with Crippen molar-refractivity contribution in [3.63, 3.8) is 0 Å². The maximum atomic E-state index is 13.1. The first-order valence-corrected chi connectivity index (χ1v) is 11.4. The number of hydrogen-bond acceptors (Lipinski definition) is 6. The third-order valence-electron chi connectivity index (χ3n) is 5.60. The molecule has 2 aromatic heterocycles. The minimum Gasteiger partial charge on any atom is -0.327 e. The molecule has 2 aliphatic rings. The fourth-order valence-electron chi connectivity index (χ4n) is 4.08. The first kappa shape index (κ1) is 18.0. The van der Waals surface area contributed by atoms with Gasteiger partial charge in [-0.1, -0.05) is 24.3 Å². The monoisotopic (exact) mass is 410 g/mol. The summed E-state index contributed by atoms with van der Waals surface area (Å²) in [6, 6.07) is 8.38. The lowest BCUT2D eigenvalue weighted by Crippen LogP contribution is -2.29. The van der Waals surface area contributed by atoms with Crippen molar-refractivity contribution in [1.82, 2.24) is 9.97 Å². The lowest BCUT2D eigenvalue weighted by atomic mass is 9.83. The largest absolute Gasteiger partial charge is 0.327 e. The summed E-state index contributed by atoms with van der Waals surface area (Å²) < 4.78 is 1.18. The summed E-state index contributed by atoms with van der Waals surface area (Å²) in [7, 11) is 0. The standard InChI is InChI=1S/C21H22N4OS2/c22-12-9-10-16-18(11-12)28-21(24-16)25-19(26)13-5-1-2-6-14(13)20-23-15-7-3-4-8-17(15)27-20/h1-4,7-8,12-14H,5-6,9-11,22H2,(H,24,25,26)/t12-,13?,14?/m0/s1. The van der Waals surface area contributed by atoms with E-state index in [1.165, 1.54) is 9.58 Å². The summed E-state index contributed by atoms with van der Waals surface area (Å²) >= 11 is 3.28. The Kier molecular flexibility index (Phi) is 4.74. The number of aryl methyl sites for hydroxylation is 1. The third kappa shape index (κ3) is 3.38. The highest BCUT2D eigenvalue weighted by Gasteiger charge is 2.33. The van der Waals surface area contributed by atoms with Gasteiger partial charge >= 0.3 is 0 Å². The van der Waals surface area contributed by atoms with Gasteiger partial charge in [0.1, 0.15) is 0 Å². The van der Waals surface area contributed by atoms with Crippen LogP contribution in [-0.4, -0.2) is 21.9 Å². The zero-order valence-corrected chi connectivity index (χ0v) is 17.1. The van der Waals surface area contributed by atoms with E-state index in [2.05, 4.69) is 28.5 Å². The molecule has 0 bridgehead atoms. The number of fused-ring (bicyclic) bond motifs is 2. The van der Waals surface area contributed by atoms with Gasteiger partial charge in [0, 0.05) is 16.8 Å². The molecule has 3 atom stereocenters. The topological polar surface area (TPSA) is 80.9 Å². The van der Waals surface area contributed by atoms with E-state index in [-0.39, 0.29) is 23.8 Å². The SMILES string of the molecule is N[C@H]1CCc2nc(NC(=O)C3CC=CCC3c3nc4ccccc4s3)sc2C1. The lowest BCUT2D eigenvalue weighted by Gasteiger charge is -2.25. The molecule has 2 aliphatic carbocycles. The summed E-state index contributed by atoms with van der Waals surface area (Å²) in [5.74, 6) is 0.0446. The van der Waals surface area contributed by atoms with Gasteiger partial charge in [-0.25, -0.2) is 9.97 Å². The molecule has 5 rings (SSSR count). The quantitative estimate of drug-likeness (QED) is 0.632. The number of allylic oxidation sites excluding steroid dienone is 2. The molecule has 28 heavy (non-hydrogen) atoms. The van der Waals surface area contributed by atoms with Crippen molar-refractivity contribution in [2.24, 2.45) is 11.7 Å². The fourth-order valence-corrected chi connectivity index (χ4v) is 6.33. The number of thiazole rings is 2. The van der Waals surface area contributed by atoms with Gasteiger partial charge in [-0.2, -0.15) is 0 Å². The van der Waals surface area contributed by atoms with Gasteiger partial charge in [-0.15, -0.1) is 22.7 Å². The molecule has 0 aliphatic heterocycles. The number of benzene rings is 1.